The highest BCUT2D eigenvalue weighted by Gasteiger charge is 2.39. The van der Waals surface area contributed by atoms with Gasteiger partial charge in [0.25, 0.3) is 0 Å². The molecule has 2 aliphatic heterocycles. The normalized spacial score (nSPS) is 23.2. The van der Waals surface area contributed by atoms with Gasteiger partial charge in [-0.15, -0.1) is 0 Å². The zero-order valence-electron chi connectivity index (χ0n) is 15.6. The van der Waals surface area contributed by atoms with Gasteiger partial charge in [0.05, 0.1) is 6.04 Å². The van der Waals surface area contributed by atoms with Crippen LogP contribution in [0.15, 0.2) is 29.8 Å². The molecule has 2 atom stereocenters. The summed E-state index contributed by atoms with van der Waals surface area (Å²) in [7, 11) is 0. The lowest BCUT2D eigenvalue weighted by Gasteiger charge is -2.45. The average molecular weight is 345 g/mol. The maximum atomic E-state index is 13.6. The summed E-state index contributed by atoms with van der Waals surface area (Å²) in [6.45, 7) is 7.72. The maximum absolute atomic E-state index is 13.6. The van der Waals surface area contributed by atoms with Gasteiger partial charge in [0.15, 0.2) is 0 Å². The molecular weight excluding hydrogens is 317 g/mol. The van der Waals surface area contributed by atoms with Gasteiger partial charge < -0.3 is 4.74 Å². The Morgan fingerprint density at radius 2 is 2.08 bits per heavy atom. The lowest BCUT2D eigenvalue weighted by molar-refractivity contribution is -0.00150. The first-order valence-electron chi connectivity index (χ1n) is 9.19. The summed E-state index contributed by atoms with van der Waals surface area (Å²) in [5.74, 6) is -0.187. The van der Waals surface area contributed by atoms with Crippen LogP contribution in [0.25, 0.3) is 0 Å². The lowest BCUT2D eigenvalue weighted by atomic mass is 9.83. The monoisotopic (exact) mass is 345 g/mol. The molecule has 0 radical (unpaired) electrons. The number of hydrogen-bond donors (Lipinski definition) is 0. The van der Waals surface area contributed by atoms with Crippen molar-refractivity contribution in [3.8, 4) is 0 Å². The molecular formula is C21H28FNO2. The SMILES string of the molecule is Cc1ccc(F)cc1CC1=CC2CCCC(C1)N2C(=O)OC(C)(C)C. The minimum absolute atomic E-state index is 0.103. The Bertz CT molecular complexity index is 690. The lowest BCUT2D eigenvalue weighted by Crippen LogP contribution is -2.53. The first kappa shape index (κ1) is 18.0. The molecule has 1 fully saturated rings. The minimum Gasteiger partial charge on any atom is -0.444 e. The number of halogens is 1. The number of ether oxygens (including phenoxy) is 1. The van der Waals surface area contributed by atoms with E-state index in [-0.39, 0.29) is 24.0 Å². The van der Waals surface area contributed by atoms with Crippen molar-refractivity contribution in [2.75, 3.05) is 0 Å². The van der Waals surface area contributed by atoms with E-state index in [1.165, 1.54) is 11.6 Å². The Morgan fingerprint density at radius 1 is 1.32 bits per heavy atom. The topological polar surface area (TPSA) is 29.5 Å². The fraction of sp³-hybridized carbons (Fsp3) is 0.571. The molecule has 1 aromatic carbocycles. The van der Waals surface area contributed by atoms with E-state index in [1.54, 1.807) is 6.07 Å². The molecule has 1 aromatic rings. The molecule has 0 aromatic heterocycles. The molecule has 1 saturated heterocycles. The molecule has 0 aliphatic carbocycles. The fourth-order valence-corrected chi connectivity index (χ4v) is 3.92. The van der Waals surface area contributed by atoms with E-state index < -0.39 is 5.60 Å². The van der Waals surface area contributed by atoms with Crippen molar-refractivity contribution in [1.29, 1.82) is 0 Å². The summed E-state index contributed by atoms with van der Waals surface area (Å²) >= 11 is 0. The Hall–Kier alpha value is -1.84. The number of fused-ring (bicyclic) bond motifs is 2. The molecule has 0 N–H and O–H groups in total. The number of piperidine rings is 1. The van der Waals surface area contributed by atoms with Crippen LogP contribution >= 0.6 is 0 Å². The highest BCUT2D eigenvalue weighted by atomic mass is 19.1. The summed E-state index contributed by atoms with van der Waals surface area (Å²) in [4.78, 5) is 14.5. The van der Waals surface area contributed by atoms with E-state index in [0.717, 1.165) is 43.2 Å². The van der Waals surface area contributed by atoms with Crippen LogP contribution in [-0.4, -0.2) is 28.7 Å². The van der Waals surface area contributed by atoms with Crippen LogP contribution in [0.1, 0.15) is 57.6 Å². The summed E-state index contributed by atoms with van der Waals surface area (Å²) < 4.78 is 19.2. The van der Waals surface area contributed by atoms with Crippen LogP contribution in [-0.2, 0) is 11.2 Å². The molecule has 4 heteroatoms. The Balaban J connectivity index is 1.79. The molecule has 3 rings (SSSR count). The summed E-state index contributed by atoms with van der Waals surface area (Å²) in [5, 5.41) is 0. The van der Waals surface area contributed by atoms with Gasteiger partial charge >= 0.3 is 6.09 Å². The third-order valence-electron chi connectivity index (χ3n) is 5.05. The molecule has 0 spiro atoms. The number of carbonyl (C=O) groups is 1. The van der Waals surface area contributed by atoms with Crippen LogP contribution in [0.3, 0.4) is 0 Å². The zero-order chi connectivity index (χ0) is 18.2. The molecule has 25 heavy (non-hydrogen) atoms. The van der Waals surface area contributed by atoms with E-state index >= 15 is 0 Å². The minimum atomic E-state index is -0.478. The van der Waals surface area contributed by atoms with Crippen LogP contribution in [0.5, 0.6) is 0 Å². The van der Waals surface area contributed by atoms with E-state index in [9.17, 15) is 9.18 Å². The van der Waals surface area contributed by atoms with Crippen molar-refractivity contribution in [2.45, 2.75) is 77.5 Å². The molecule has 136 valence electrons. The Morgan fingerprint density at radius 3 is 2.76 bits per heavy atom. The molecule has 0 saturated carbocycles. The van der Waals surface area contributed by atoms with Gasteiger partial charge in [-0.2, -0.15) is 0 Å². The average Bonchev–Trinajstić information content (AvgIpc) is 2.48. The summed E-state index contributed by atoms with van der Waals surface area (Å²) in [6.07, 6.45) is 6.74. The first-order valence-corrected chi connectivity index (χ1v) is 9.19. The molecule has 1 amide bonds. The largest absolute Gasteiger partial charge is 0.444 e. The number of nitrogens with zero attached hydrogens (tertiary/aromatic N) is 1. The van der Waals surface area contributed by atoms with E-state index in [0.29, 0.717) is 0 Å². The van der Waals surface area contributed by atoms with Crippen molar-refractivity contribution in [3.63, 3.8) is 0 Å². The van der Waals surface area contributed by atoms with Gasteiger partial charge in [-0.3, -0.25) is 4.90 Å². The van der Waals surface area contributed by atoms with Crippen LogP contribution in [0.4, 0.5) is 9.18 Å². The van der Waals surface area contributed by atoms with Gasteiger partial charge in [0.1, 0.15) is 11.4 Å². The summed E-state index contributed by atoms with van der Waals surface area (Å²) in [6, 6.07) is 5.27. The molecule has 2 unspecified atom stereocenters. The number of amides is 1. The maximum Gasteiger partial charge on any atom is 0.411 e. The number of benzene rings is 1. The van der Waals surface area contributed by atoms with Crippen molar-refractivity contribution in [1.82, 2.24) is 4.90 Å². The number of rotatable bonds is 2. The third-order valence-corrected chi connectivity index (χ3v) is 5.05. The second-order valence-electron chi connectivity index (χ2n) is 8.32. The number of hydrogen-bond acceptors (Lipinski definition) is 2. The van der Waals surface area contributed by atoms with Gasteiger partial charge in [0.2, 0.25) is 0 Å². The number of carbonyl (C=O) groups excluding carboxylic acids is 1. The Kier molecular flexibility index (Phi) is 4.90. The van der Waals surface area contributed by atoms with Crippen LogP contribution in [0.2, 0.25) is 0 Å². The van der Waals surface area contributed by atoms with Crippen molar-refractivity contribution >= 4 is 6.09 Å². The standard InChI is InChI=1S/C21H28FNO2/c1-14-8-9-17(22)13-16(14)10-15-11-18-6-5-7-19(12-15)23(18)20(24)25-21(2,3)4/h8-9,11,13,18-19H,5-7,10,12H2,1-4H3. The van der Waals surface area contributed by atoms with Crippen LogP contribution < -0.4 is 0 Å². The smallest absolute Gasteiger partial charge is 0.411 e. The number of aryl methyl sites for hydroxylation is 1. The van der Waals surface area contributed by atoms with Crippen molar-refractivity contribution in [3.05, 3.63) is 46.8 Å². The van der Waals surface area contributed by atoms with Crippen LogP contribution in [0, 0.1) is 12.7 Å². The second kappa shape index (κ2) is 6.81. The van der Waals surface area contributed by atoms with Gasteiger partial charge in [-0.05, 0) is 83.1 Å². The molecule has 3 nitrogen and oxygen atoms in total. The third kappa shape index (κ3) is 4.23. The first-order chi connectivity index (χ1) is 11.7. The molecule has 2 heterocycles. The van der Waals surface area contributed by atoms with Crippen molar-refractivity contribution in [2.24, 2.45) is 0 Å². The summed E-state index contributed by atoms with van der Waals surface area (Å²) in [5.41, 5.74) is 2.98. The van der Waals surface area contributed by atoms with Gasteiger partial charge in [-0.1, -0.05) is 17.7 Å². The highest BCUT2D eigenvalue weighted by molar-refractivity contribution is 5.70. The van der Waals surface area contributed by atoms with E-state index in [4.69, 9.17) is 4.74 Å². The van der Waals surface area contributed by atoms with E-state index in [2.05, 4.69) is 6.08 Å². The fourth-order valence-electron chi connectivity index (χ4n) is 3.92. The quantitative estimate of drug-likeness (QED) is 0.693. The van der Waals surface area contributed by atoms with Gasteiger partial charge in [-0.25, -0.2) is 9.18 Å². The zero-order valence-corrected chi connectivity index (χ0v) is 15.6. The predicted octanol–water partition coefficient (Wildman–Crippen LogP) is 5.16. The van der Waals surface area contributed by atoms with Crippen molar-refractivity contribution < 1.29 is 13.9 Å². The highest BCUT2D eigenvalue weighted by Crippen LogP contribution is 2.35. The Labute approximate surface area is 149 Å². The predicted molar refractivity (Wildman–Crippen MR) is 97.0 cm³/mol. The molecule has 2 bridgehead atoms. The van der Waals surface area contributed by atoms with E-state index in [1.807, 2.05) is 38.7 Å². The van der Waals surface area contributed by atoms with Gasteiger partial charge in [0, 0.05) is 6.04 Å². The molecule has 2 aliphatic rings. The second-order valence-corrected chi connectivity index (χ2v) is 8.32.